The van der Waals surface area contributed by atoms with Crippen molar-refractivity contribution < 1.29 is 18.7 Å². The van der Waals surface area contributed by atoms with Crippen molar-refractivity contribution in [1.29, 1.82) is 0 Å². The Kier molecular flexibility index (Phi) is 3.86. The van der Waals surface area contributed by atoms with Crippen molar-refractivity contribution in [1.82, 2.24) is 4.90 Å². The molecule has 6 heteroatoms. The molecule has 1 aliphatic rings. The van der Waals surface area contributed by atoms with E-state index in [2.05, 4.69) is 15.9 Å². The molecule has 0 saturated carbocycles. The number of nitrogens with zero attached hydrogens (tertiary/aromatic N) is 1. The summed E-state index contributed by atoms with van der Waals surface area (Å²) < 4.78 is 19.0. The van der Waals surface area contributed by atoms with Crippen LogP contribution in [0.4, 0.5) is 9.18 Å². The molecule has 0 unspecified atom stereocenters. The summed E-state index contributed by atoms with van der Waals surface area (Å²) in [5.41, 5.74) is 0.258. The SMILES string of the molecule is CC(C)(C)OC(=O)N1CCc2cc(Br)c(F)cc2C1=O. The molecule has 1 heterocycles. The summed E-state index contributed by atoms with van der Waals surface area (Å²) in [7, 11) is 0. The normalized spacial score (nSPS) is 15.1. The van der Waals surface area contributed by atoms with Crippen LogP contribution in [0.1, 0.15) is 36.7 Å². The van der Waals surface area contributed by atoms with Crippen molar-refractivity contribution >= 4 is 27.9 Å². The average molecular weight is 344 g/mol. The standard InChI is InChI=1S/C14H15BrFNO3/c1-14(2,3)20-13(19)17-5-4-8-6-10(15)11(16)7-9(8)12(17)18/h6-7H,4-5H2,1-3H3. The summed E-state index contributed by atoms with van der Waals surface area (Å²) in [4.78, 5) is 25.2. The van der Waals surface area contributed by atoms with E-state index in [1.807, 2.05) is 0 Å². The summed E-state index contributed by atoms with van der Waals surface area (Å²) in [5.74, 6) is -1.05. The highest BCUT2D eigenvalue weighted by Gasteiger charge is 2.32. The van der Waals surface area contributed by atoms with Crippen molar-refractivity contribution in [2.45, 2.75) is 32.8 Å². The van der Waals surface area contributed by atoms with E-state index < -0.39 is 23.4 Å². The highest BCUT2D eigenvalue weighted by molar-refractivity contribution is 9.10. The first-order chi connectivity index (χ1) is 9.19. The number of imide groups is 1. The number of amides is 2. The molecular weight excluding hydrogens is 329 g/mol. The van der Waals surface area contributed by atoms with E-state index in [0.29, 0.717) is 10.9 Å². The third-order valence-corrected chi connectivity index (χ3v) is 3.45. The fourth-order valence-corrected chi connectivity index (χ4v) is 2.36. The van der Waals surface area contributed by atoms with Crippen LogP contribution in [-0.2, 0) is 11.2 Å². The number of benzene rings is 1. The molecule has 0 aromatic heterocycles. The molecule has 0 aliphatic carbocycles. The Hall–Kier alpha value is -1.43. The van der Waals surface area contributed by atoms with Crippen LogP contribution in [0.25, 0.3) is 0 Å². The predicted octanol–water partition coefficient (Wildman–Crippen LogP) is 3.52. The number of ether oxygens (including phenoxy) is 1. The lowest BCUT2D eigenvalue weighted by molar-refractivity contribution is 0.0233. The number of fused-ring (bicyclic) bond motifs is 1. The maximum atomic E-state index is 13.5. The molecule has 4 nitrogen and oxygen atoms in total. The van der Waals surface area contributed by atoms with Crippen LogP contribution in [0.15, 0.2) is 16.6 Å². The van der Waals surface area contributed by atoms with Crippen LogP contribution in [0, 0.1) is 5.82 Å². The van der Waals surface area contributed by atoms with Crippen molar-refractivity contribution in [2.75, 3.05) is 6.54 Å². The predicted molar refractivity (Wildman–Crippen MR) is 75.1 cm³/mol. The average Bonchev–Trinajstić information content (AvgIpc) is 2.30. The first-order valence-corrected chi connectivity index (χ1v) is 7.01. The maximum absolute atomic E-state index is 13.5. The molecule has 1 aromatic carbocycles. The van der Waals surface area contributed by atoms with Gasteiger partial charge in [-0.2, -0.15) is 0 Å². The van der Waals surface area contributed by atoms with Gasteiger partial charge in [-0.1, -0.05) is 0 Å². The zero-order chi connectivity index (χ0) is 15.1. The number of carbonyl (C=O) groups excluding carboxylic acids is 2. The summed E-state index contributed by atoms with van der Waals surface area (Å²) in [6.45, 7) is 5.41. The van der Waals surface area contributed by atoms with Gasteiger partial charge < -0.3 is 4.74 Å². The first kappa shape index (κ1) is 15.0. The van der Waals surface area contributed by atoms with Gasteiger partial charge in [0.15, 0.2) is 0 Å². The smallest absolute Gasteiger partial charge is 0.417 e. The van der Waals surface area contributed by atoms with E-state index in [-0.39, 0.29) is 12.1 Å². The topological polar surface area (TPSA) is 46.6 Å². The van der Waals surface area contributed by atoms with Crippen LogP contribution >= 0.6 is 15.9 Å². The quantitative estimate of drug-likeness (QED) is 0.723. The van der Waals surface area contributed by atoms with Crippen LogP contribution < -0.4 is 0 Å². The second-order valence-electron chi connectivity index (χ2n) is 5.61. The van der Waals surface area contributed by atoms with Gasteiger partial charge in [-0.25, -0.2) is 14.1 Å². The fourth-order valence-electron chi connectivity index (χ4n) is 1.96. The Morgan fingerprint density at radius 3 is 2.65 bits per heavy atom. The Labute approximate surface area is 125 Å². The van der Waals surface area contributed by atoms with Gasteiger partial charge in [0, 0.05) is 12.1 Å². The van der Waals surface area contributed by atoms with Crippen LogP contribution in [0.5, 0.6) is 0 Å². The molecule has 0 spiro atoms. The zero-order valence-electron chi connectivity index (χ0n) is 11.5. The molecular formula is C14H15BrFNO3. The monoisotopic (exact) mass is 343 g/mol. The highest BCUT2D eigenvalue weighted by Crippen LogP contribution is 2.26. The van der Waals surface area contributed by atoms with Gasteiger partial charge in [0.2, 0.25) is 0 Å². The van der Waals surface area contributed by atoms with E-state index in [1.54, 1.807) is 26.8 Å². The molecule has 0 fully saturated rings. The number of rotatable bonds is 0. The van der Waals surface area contributed by atoms with Gasteiger partial charge in [0.05, 0.1) is 4.47 Å². The van der Waals surface area contributed by atoms with Gasteiger partial charge in [0.25, 0.3) is 5.91 Å². The third-order valence-electron chi connectivity index (χ3n) is 2.84. The van der Waals surface area contributed by atoms with Gasteiger partial charge in [-0.3, -0.25) is 4.79 Å². The minimum atomic E-state index is -0.698. The van der Waals surface area contributed by atoms with Crippen molar-refractivity contribution in [2.24, 2.45) is 0 Å². The van der Waals surface area contributed by atoms with Gasteiger partial charge in [-0.05, 0) is 60.8 Å². The van der Waals surface area contributed by atoms with E-state index in [0.717, 1.165) is 16.5 Å². The lowest BCUT2D eigenvalue weighted by atomic mass is 9.99. The van der Waals surface area contributed by atoms with Gasteiger partial charge in [0.1, 0.15) is 11.4 Å². The number of carbonyl (C=O) groups is 2. The van der Waals surface area contributed by atoms with Crippen LogP contribution in [-0.4, -0.2) is 29.0 Å². The Balaban J connectivity index is 2.28. The molecule has 1 aliphatic heterocycles. The van der Waals surface area contributed by atoms with E-state index >= 15 is 0 Å². The summed E-state index contributed by atoms with van der Waals surface area (Å²) >= 11 is 3.09. The molecule has 0 N–H and O–H groups in total. The Morgan fingerprint density at radius 1 is 1.40 bits per heavy atom. The minimum Gasteiger partial charge on any atom is -0.443 e. The summed E-state index contributed by atoms with van der Waals surface area (Å²) in [6, 6.07) is 2.73. The Morgan fingerprint density at radius 2 is 2.05 bits per heavy atom. The molecule has 0 bridgehead atoms. The molecule has 2 amide bonds. The van der Waals surface area contributed by atoms with Crippen molar-refractivity contribution in [3.8, 4) is 0 Å². The fraction of sp³-hybridized carbons (Fsp3) is 0.429. The van der Waals surface area contributed by atoms with Crippen molar-refractivity contribution in [3.63, 3.8) is 0 Å². The third kappa shape index (κ3) is 3.00. The molecule has 0 atom stereocenters. The Bertz CT molecular complexity index is 581. The van der Waals surface area contributed by atoms with E-state index in [9.17, 15) is 14.0 Å². The summed E-state index contributed by atoms with van der Waals surface area (Å²) in [6.07, 6.45) is -0.212. The zero-order valence-corrected chi connectivity index (χ0v) is 13.1. The number of hydrogen-bond donors (Lipinski definition) is 0. The molecule has 2 rings (SSSR count). The van der Waals surface area contributed by atoms with Crippen LogP contribution in [0.3, 0.4) is 0 Å². The second kappa shape index (κ2) is 5.16. The highest BCUT2D eigenvalue weighted by atomic mass is 79.9. The largest absolute Gasteiger partial charge is 0.443 e. The number of halogens is 2. The molecule has 1 aromatic rings. The van der Waals surface area contributed by atoms with Gasteiger partial charge in [-0.15, -0.1) is 0 Å². The maximum Gasteiger partial charge on any atom is 0.417 e. The van der Waals surface area contributed by atoms with E-state index in [1.165, 1.54) is 0 Å². The lowest BCUT2D eigenvalue weighted by Crippen LogP contribution is -2.44. The first-order valence-electron chi connectivity index (χ1n) is 6.22. The summed E-state index contributed by atoms with van der Waals surface area (Å²) in [5, 5.41) is 0. The minimum absolute atomic E-state index is 0.211. The van der Waals surface area contributed by atoms with Crippen LogP contribution in [0.2, 0.25) is 0 Å². The van der Waals surface area contributed by atoms with Crippen molar-refractivity contribution in [3.05, 3.63) is 33.5 Å². The second-order valence-corrected chi connectivity index (χ2v) is 6.46. The molecule has 0 radical (unpaired) electrons. The van der Waals surface area contributed by atoms with Gasteiger partial charge >= 0.3 is 6.09 Å². The number of hydrogen-bond acceptors (Lipinski definition) is 3. The molecule has 20 heavy (non-hydrogen) atoms. The molecule has 0 saturated heterocycles. The molecule has 108 valence electrons. The van der Waals surface area contributed by atoms with E-state index in [4.69, 9.17) is 4.74 Å². The lowest BCUT2D eigenvalue weighted by Gasteiger charge is -2.29.